The summed E-state index contributed by atoms with van der Waals surface area (Å²) in [5, 5.41) is 3.10. The summed E-state index contributed by atoms with van der Waals surface area (Å²) >= 11 is 7.25. The topological polar surface area (TPSA) is 102 Å². The van der Waals surface area contributed by atoms with Crippen molar-refractivity contribution in [2.24, 2.45) is 0 Å². The highest BCUT2D eigenvalue weighted by Crippen LogP contribution is 2.26. The number of sulfonamides is 1. The molecule has 0 atom stereocenters. The van der Waals surface area contributed by atoms with E-state index in [1.54, 1.807) is 18.2 Å². The van der Waals surface area contributed by atoms with E-state index in [4.69, 9.17) is 21.1 Å². The van der Waals surface area contributed by atoms with Crippen LogP contribution in [0.2, 0.25) is 5.02 Å². The normalized spacial score (nSPS) is 14.7. The Morgan fingerprint density at radius 2 is 1.77 bits per heavy atom. The van der Waals surface area contributed by atoms with Crippen molar-refractivity contribution in [1.82, 2.24) is 4.31 Å². The number of hydrogen-bond acceptors (Lipinski definition) is 7. The molecular formula is C20H21ClN2O6S2. The molecule has 0 unspecified atom stereocenters. The minimum Gasteiger partial charge on any atom is -0.455 e. The van der Waals surface area contributed by atoms with Crippen LogP contribution in [0.1, 0.15) is 0 Å². The van der Waals surface area contributed by atoms with Gasteiger partial charge in [-0.3, -0.25) is 9.59 Å². The van der Waals surface area contributed by atoms with Crippen LogP contribution < -0.4 is 5.32 Å². The Hall–Kier alpha value is -2.11. The molecular weight excluding hydrogens is 464 g/mol. The van der Waals surface area contributed by atoms with Gasteiger partial charge in [-0.2, -0.15) is 4.31 Å². The zero-order valence-electron chi connectivity index (χ0n) is 16.5. The fourth-order valence-corrected chi connectivity index (χ4v) is 5.17. The second-order valence-electron chi connectivity index (χ2n) is 6.47. The molecule has 0 aromatic heterocycles. The first kappa shape index (κ1) is 23.6. The molecule has 0 radical (unpaired) electrons. The van der Waals surface area contributed by atoms with Crippen molar-refractivity contribution in [3.05, 3.63) is 53.6 Å². The number of rotatable bonds is 8. The first-order chi connectivity index (χ1) is 14.9. The molecule has 1 aliphatic heterocycles. The molecule has 1 aliphatic rings. The van der Waals surface area contributed by atoms with Crippen LogP contribution >= 0.6 is 23.4 Å². The summed E-state index contributed by atoms with van der Waals surface area (Å²) in [6.45, 7) is 0.892. The number of anilines is 1. The molecule has 3 rings (SSSR count). The van der Waals surface area contributed by atoms with Gasteiger partial charge in [0.2, 0.25) is 10.0 Å². The first-order valence-corrected chi connectivity index (χ1v) is 12.2. The lowest BCUT2D eigenvalue weighted by molar-refractivity contribution is -0.144. The fourth-order valence-electron chi connectivity index (χ4n) is 2.73. The van der Waals surface area contributed by atoms with Crippen molar-refractivity contribution in [1.29, 1.82) is 0 Å². The maximum absolute atomic E-state index is 12.6. The van der Waals surface area contributed by atoms with E-state index in [0.717, 1.165) is 4.90 Å². The molecule has 1 heterocycles. The Balaban J connectivity index is 1.46. The molecule has 1 amide bonds. The van der Waals surface area contributed by atoms with Crippen LogP contribution in [0.15, 0.2) is 58.3 Å². The molecule has 1 fully saturated rings. The Kier molecular flexibility index (Phi) is 8.33. The average molecular weight is 485 g/mol. The summed E-state index contributed by atoms with van der Waals surface area (Å²) in [4.78, 5) is 24.7. The van der Waals surface area contributed by atoms with Crippen molar-refractivity contribution in [2.45, 2.75) is 9.79 Å². The molecule has 1 N–H and O–H groups in total. The van der Waals surface area contributed by atoms with Crippen LogP contribution in [0.5, 0.6) is 0 Å². The molecule has 2 aromatic carbocycles. The summed E-state index contributed by atoms with van der Waals surface area (Å²) in [7, 11) is -3.60. The highest BCUT2D eigenvalue weighted by molar-refractivity contribution is 8.00. The van der Waals surface area contributed by atoms with Crippen molar-refractivity contribution in [3.8, 4) is 0 Å². The second-order valence-corrected chi connectivity index (χ2v) is 9.83. The van der Waals surface area contributed by atoms with Gasteiger partial charge in [-0.05, 0) is 36.4 Å². The highest BCUT2D eigenvalue weighted by atomic mass is 35.5. The number of amides is 1. The van der Waals surface area contributed by atoms with Gasteiger partial charge in [0.05, 0.1) is 28.9 Å². The van der Waals surface area contributed by atoms with Crippen LogP contribution in [-0.4, -0.2) is 63.3 Å². The summed E-state index contributed by atoms with van der Waals surface area (Å²) in [6.07, 6.45) is 0. The lowest BCUT2D eigenvalue weighted by Crippen LogP contribution is -2.40. The zero-order chi connectivity index (χ0) is 22.3. The maximum atomic E-state index is 12.6. The number of esters is 1. The van der Waals surface area contributed by atoms with Gasteiger partial charge < -0.3 is 14.8 Å². The monoisotopic (exact) mass is 484 g/mol. The van der Waals surface area contributed by atoms with Crippen molar-refractivity contribution < 1.29 is 27.5 Å². The first-order valence-electron chi connectivity index (χ1n) is 9.37. The molecule has 166 valence electrons. The Morgan fingerprint density at radius 1 is 1.10 bits per heavy atom. The zero-order valence-corrected chi connectivity index (χ0v) is 18.8. The van der Waals surface area contributed by atoms with Crippen LogP contribution in [0.25, 0.3) is 0 Å². The molecule has 11 heteroatoms. The van der Waals surface area contributed by atoms with Crippen LogP contribution in [0, 0.1) is 0 Å². The number of morpholine rings is 1. The number of nitrogens with zero attached hydrogens (tertiary/aromatic N) is 1. The Labute approximate surface area is 189 Å². The van der Waals surface area contributed by atoms with E-state index in [2.05, 4.69) is 5.32 Å². The van der Waals surface area contributed by atoms with E-state index in [1.807, 2.05) is 6.07 Å². The summed E-state index contributed by atoms with van der Waals surface area (Å²) in [6, 6.07) is 12.9. The molecule has 31 heavy (non-hydrogen) atoms. The maximum Gasteiger partial charge on any atom is 0.316 e. The summed E-state index contributed by atoms with van der Waals surface area (Å²) < 4.78 is 36.7. The van der Waals surface area contributed by atoms with Gasteiger partial charge in [0.25, 0.3) is 5.91 Å². The van der Waals surface area contributed by atoms with Crippen molar-refractivity contribution in [2.75, 3.05) is 44.0 Å². The van der Waals surface area contributed by atoms with Crippen molar-refractivity contribution >= 4 is 50.9 Å². The largest absolute Gasteiger partial charge is 0.455 e. The van der Waals surface area contributed by atoms with Crippen molar-refractivity contribution in [3.63, 3.8) is 0 Å². The number of benzene rings is 2. The number of ether oxygens (including phenoxy) is 2. The van der Waals surface area contributed by atoms with Gasteiger partial charge in [0, 0.05) is 23.7 Å². The number of thioether (sulfide) groups is 1. The smallest absolute Gasteiger partial charge is 0.316 e. The van der Waals surface area contributed by atoms with E-state index in [1.165, 1.54) is 40.3 Å². The SMILES string of the molecule is O=C(COC(=O)CSc1ccccc1Cl)Nc1ccc(S(=O)(=O)N2CCOCC2)cc1. The quantitative estimate of drug-likeness (QED) is 0.454. The molecule has 8 nitrogen and oxygen atoms in total. The number of carbonyl (C=O) groups excluding carboxylic acids is 2. The molecule has 0 aliphatic carbocycles. The molecule has 0 bridgehead atoms. The van der Waals surface area contributed by atoms with Gasteiger partial charge in [-0.15, -0.1) is 11.8 Å². The lowest BCUT2D eigenvalue weighted by atomic mass is 10.3. The minimum atomic E-state index is -3.60. The standard InChI is InChI=1S/C20H21ClN2O6S2/c21-17-3-1-2-4-18(17)30-14-20(25)29-13-19(24)22-15-5-7-16(8-6-15)31(26,27)23-9-11-28-12-10-23/h1-8H,9-14H2,(H,22,24). The predicted octanol–water partition coefficient (Wildman–Crippen LogP) is 2.63. The van der Waals surface area contributed by atoms with Crippen LogP contribution in [0.4, 0.5) is 5.69 Å². The Morgan fingerprint density at radius 3 is 2.45 bits per heavy atom. The van der Waals surface area contributed by atoms with E-state index in [0.29, 0.717) is 37.0 Å². The number of nitrogens with one attached hydrogen (secondary N) is 1. The van der Waals surface area contributed by atoms with Crippen LogP contribution in [-0.2, 0) is 29.1 Å². The van der Waals surface area contributed by atoms with E-state index in [9.17, 15) is 18.0 Å². The Bertz CT molecular complexity index is 1020. The third kappa shape index (κ3) is 6.68. The fraction of sp³-hybridized carbons (Fsp3) is 0.300. The molecule has 2 aromatic rings. The van der Waals surface area contributed by atoms with E-state index < -0.39 is 28.5 Å². The van der Waals surface area contributed by atoms with Crippen LogP contribution in [0.3, 0.4) is 0 Å². The third-order valence-electron chi connectivity index (χ3n) is 4.29. The third-order valence-corrected chi connectivity index (χ3v) is 7.69. The molecule has 0 spiro atoms. The van der Waals surface area contributed by atoms with E-state index >= 15 is 0 Å². The molecule has 0 saturated carbocycles. The summed E-state index contributed by atoms with van der Waals surface area (Å²) in [5.74, 6) is -1.06. The van der Waals surface area contributed by atoms with Gasteiger partial charge in [0.1, 0.15) is 0 Å². The number of carbonyl (C=O) groups is 2. The van der Waals surface area contributed by atoms with E-state index in [-0.39, 0.29) is 10.6 Å². The van der Waals surface area contributed by atoms with Gasteiger partial charge in [-0.25, -0.2) is 8.42 Å². The number of hydrogen-bond donors (Lipinski definition) is 1. The predicted molar refractivity (Wildman–Crippen MR) is 118 cm³/mol. The molecule has 1 saturated heterocycles. The average Bonchev–Trinajstić information content (AvgIpc) is 2.78. The number of halogens is 1. The lowest BCUT2D eigenvalue weighted by Gasteiger charge is -2.26. The van der Waals surface area contributed by atoms with Gasteiger partial charge in [-0.1, -0.05) is 23.7 Å². The summed E-state index contributed by atoms with van der Waals surface area (Å²) in [5.41, 5.74) is 0.396. The second kappa shape index (κ2) is 11.0. The van der Waals surface area contributed by atoms with Gasteiger partial charge in [0.15, 0.2) is 6.61 Å². The minimum absolute atomic E-state index is 0.0190. The van der Waals surface area contributed by atoms with Gasteiger partial charge >= 0.3 is 5.97 Å². The highest BCUT2D eigenvalue weighted by Gasteiger charge is 2.26.